The van der Waals surface area contributed by atoms with Gasteiger partial charge in [0.1, 0.15) is 0 Å². The van der Waals surface area contributed by atoms with Crippen LogP contribution in [0.15, 0.2) is 24.4 Å². The normalized spacial score (nSPS) is 16.4. The third-order valence-electron chi connectivity index (χ3n) is 5.46. The molecule has 3 rings (SSSR count). The van der Waals surface area contributed by atoms with Crippen LogP contribution >= 0.6 is 11.6 Å². The van der Waals surface area contributed by atoms with Crippen LogP contribution in [0.3, 0.4) is 0 Å². The Bertz CT molecular complexity index is 848. The van der Waals surface area contributed by atoms with Crippen LogP contribution in [0.4, 0.5) is 5.69 Å². The molecular weight excluding hydrogens is 376 g/mol. The number of nitrogens with two attached hydrogens (primary N) is 1. The summed E-state index contributed by atoms with van der Waals surface area (Å²) in [5.41, 5.74) is 7.41. The van der Waals surface area contributed by atoms with Crippen molar-refractivity contribution in [2.75, 3.05) is 38.5 Å². The number of piperidine rings is 1. The molecule has 1 saturated heterocycles. The van der Waals surface area contributed by atoms with Crippen molar-refractivity contribution >= 4 is 34.1 Å². The molecule has 0 saturated carbocycles. The van der Waals surface area contributed by atoms with Crippen molar-refractivity contribution in [2.24, 2.45) is 11.3 Å². The number of benzene rings is 1. The fourth-order valence-corrected chi connectivity index (χ4v) is 3.96. The molecule has 0 unspecified atom stereocenters. The van der Waals surface area contributed by atoms with E-state index >= 15 is 0 Å². The number of fused-ring (bicyclic) bond motifs is 1. The number of halogens is 1. The van der Waals surface area contributed by atoms with Gasteiger partial charge < -0.3 is 21.1 Å². The first kappa shape index (κ1) is 20.8. The lowest BCUT2D eigenvalue weighted by Gasteiger charge is -2.36. The van der Waals surface area contributed by atoms with Crippen LogP contribution in [0, 0.1) is 11.3 Å². The van der Waals surface area contributed by atoms with Crippen LogP contribution in [0.25, 0.3) is 10.9 Å². The highest BCUT2D eigenvalue weighted by Crippen LogP contribution is 2.30. The number of carbonyl (C=O) groups is 1. The van der Waals surface area contributed by atoms with Gasteiger partial charge >= 0.3 is 0 Å². The van der Waals surface area contributed by atoms with Gasteiger partial charge in [0.05, 0.1) is 21.8 Å². The molecule has 1 aliphatic heterocycles. The average Bonchev–Trinajstić information content (AvgIpc) is 2.69. The number of rotatable bonds is 6. The molecule has 2 aromatic rings. The molecule has 0 aliphatic carbocycles. The van der Waals surface area contributed by atoms with Gasteiger partial charge in [-0.15, -0.1) is 0 Å². The van der Waals surface area contributed by atoms with E-state index in [2.05, 4.69) is 29.0 Å². The van der Waals surface area contributed by atoms with Gasteiger partial charge in [-0.1, -0.05) is 25.4 Å². The zero-order chi connectivity index (χ0) is 20.3. The van der Waals surface area contributed by atoms with E-state index in [0.29, 0.717) is 39.6 Å². The van der Waals surface area contributed by atoms with Crippen LogP contribution in [0.5, 0.6) is 0 Å². The minimum atomic E-state index is -0.172. The van der Waals surface area contributed by atoms with E-state index in [4.69, 9.17) is 17.3 Å². The van der Waals surface area contributed by atoms with Crippen molar-refractivity contribution in [3.63, 3.8) is 0 Å². The molecule has 1 aliphatic rings. The number of anilines is 1. The maximum absolute atomic E-state index is 12.8. The van der Waals surface area contributed by atoms with Crippen molar-refractivity contribution in [2.45, 2.75) is 26.7 Å². The summed E-state index contributed by atoms with van der Waals surface area (Å²) in [7, 11) is 0. The van der Waals surface area contributed by atoms with E-state index in [1.165, 1.54) is 0 Å². The number of amides is 1. The Morgan fingerprint density at radius 1 is 1.43 bits per heavy atom. The van der Waals surface area contributed by atoms with E-state index in [1.54, 1.807) is 18.3 Å². The van der Waals surface area contributed by atoms with E-state index in [1.807, 2.05) is 6.07 Å². The Hall–Kier alpha value is -1.89. The third kappa shape index (κ3) is 4.74. The van der Waals surface area contributed by atoms with E-state index in [-0.39, 0.29) is 17.9 Å². The number of hydrogen-bond donors (Lipinski definition) is 3. The van der Waals surface area contributed by atoms with Gasteiger partial charge in [-0.05, 0) is 50.0 Å². The molecule has 1 aromatic heterocycles. The smallest absolute Gasteiger partial charge is 0.253 e. The Kier molecular flexibility index (Phi) is 6.43. The summed E-state index contributed by atoms with van der Waals surface area (Å²) in [6, 6.07) is 5.20. The summed E-state index contributed by atoms with van der Waals surface area (Å²) in [5.74, 6) is 0.273. The third-order valence-corrected chi connectivity index (χ3v) is 5.78. The maximum Gasteiger partial charge on any atom is 0.253 e. The number of aliphatic hydroxyl groups excluding tert-OH is 1. The molecule has 0 spiro atoms. The lowest BCUT2D eigenvalue weighted by atomic mass is 9.91. The molecule has 0 bridgehead atoms. The summed E-state index contributed by atoms with van der Waals surface area (Å²) in [6.45, 7) is 7.85. The summed E-state index contributed by atoms with van der Waals surface area (Å²) in [4.78, 5) is 19.5. The van der Waals surface area contributed by atoms with E-state index < -0.39 is 0 Å². The highest BCUT2D eigenvalue weighted by molar-refractivity contribution is 6.35. The van der Waals surface area contributed by atoms with Crippen LogP contribution in [-0.4, -0.2) is 53.7 Å². The van der Waals surface area contributed by atoms with E-state index in [0.717, 1.165) is 32.5 Å². The number of nitrogen functional groups attached to an aromatic ring is 1. The van der Waals surface area contributed by atoms with Gasteiger partial charge in [0.25, 0.3) is 5.91 Å². The topological polar surface area (TPSA) is 91.5 Å². The lowest BCUT2D eigenvalue weighted by molar-refractivity contribution is 0.0791. The number of pyridine rings is 1. The Labute approximate surface area is 171 Å². The SMILES string of the molecule is CC(C)(CO)CN1CCC(CNC(=O)c2cc(Cl)c(N)c3cccnc23)CC1. The van der Waals surface area contributed by atoms with Crippen molar-refractivity contribution in [1.82, 2.24) is 15.2 Å². The first-order valence-corrected chi connectivity index (χ1v) is 10.1. The van der Waals surface area contributed by atoms with Gasteiger partial charge in [0, 0.05) is 36.7 Å². The Morgan fingerprint density at radius 2 is 2.14 bits per heavy atom. The minimum Gasteiger partial charge on any atom is -0.397 e. The largest absolute Gasteiger partial charge is 0.397 e. The number of carbonyl (C=O) groups excluding carboxylic acids is 1. The Balaban J connectivity index is 1.59. The monoisotopic (exact) mass is 404 g/mol. The molecule has 7 heteroatoms. The zero-order valence-corrected chi connectivity index (χ0v) is 17.3. The second kappa shape index (κ2) is 8.64. The summed E-state index contributed by atoms with van der Waals surface area (Å²) >= 11 is 6.21. The van der Waals surface area contributed by atoms with Crippen LogP contribution in [0.1, 0.15) is 37.0 Å². The van der Waals surface area contributed by atoms with Crippen LogP contribution in [0.2, 0.25) is 5.02 Å². The summed E-state index contributed by atoms with van der Waals surface area (Å²) < 4.78 is 0. The standard InChI is InChI=1S/C21H29ClN4O2/c1-21(2,13-27)12-26-8-5-14(6-9-26)11-25-20(28)16-10-17(22)18(23)15-4-3-7-24-19(15)16/h3-4,7,10,14,27H,5-6,8-9,11-13,23H2,1-2H3,(H,25,28). The van der Waals surface area contributed by atoms with Gasteiger partial charge in [0.15, 0.2) is 0 Å². The molecule has 28 heavy (non-hydrogen) atoms. The fourth-order valence-electron chi connectivity index (χ4n) is 3.75. The average molecular weight is 405 g/mol. The predicted octanol–water partition coefficient (Wildman–Crippen LogP) is 2.93. The number of nitrogens with one attached hydrogen (secondary N) is 1. The van der Waals surface area contributed by atoms with Gasteiger partial charge in [0.2, 0.25) is 0 Å². The Morgan fingerprint density at radius 3 is 2.82 bits per heavy atom. The van der Waals surface area contributed by atoms with Gasteiger partial charge in [-0.25, -0.2) is 0 Å². The molecule has 0 radical (unpaired) electrons. The summed E-state index contributed by atoms with van der Waals surface area (Å²) in [6.07, 6.45) is 3.71. The van der Waals surface area contributed by atoms with Crippen molar-refractivity contribution < 1.29 is 9.90 Å². The quantitative estimate of drug-likeness (QED) is 0.644. The lowest BCUT2D eigenvalue weighted by Crippen LogP contribution is -2.43. The van der Waals surface area contributed by atoms with Crippen molar-refractivity contribution in [3.8, 4) is 0 Å². The molecule has 152 valence electrons. The predicted molar refractivity (Wildman–Crippen MR) is 114 cm³/mol. The number of aromatic nitrogens is 1. The van der Waals surface area contributed by atoms with Crippen LogP contribution < -0.4 is 11.1 Å². The summed E-state index contributed by atoms with van der Waals surface area (Å²) in [5, 5.41) is 13.6. The second-order valence-corrected chi connectivity index (χ2v) is 8.88. The molecule has 1 amide bonds. The first-order chi connectivity index (χ1) is 13.3. The van der Waals surface area contributed by atoms with Gasteiger partial charge in [-0.2, -0.15) is 0 Å². The van der Waals surface area contributed by atoms with E-state index in [9.17, 15) is 9.90 Å². The zero-order valence-electron chi connectivity index (χ0n) is 16.5. The number of aliphatic hydroxyl groups is 1. The highest BCUT2D eigenvalue weighted by atomic mass is 35.5. The molecule has 4 N–H and O–H groups in total. The van der Waals surface area contributed by atoms with Crippen molar-refractivity contribution in [3.05, 3.63) is 35.0 Å². The molecule has 2 heterocycles. The van der Waals surface area contributed by atoms with Gasteiger partial charge in [-0.3, -0.25) is 9.78 Å². The maximum atomic E-state index is 12.8. The highest BCUT2D eigenvalue weighted by Gasteiger charge is 2.25. The second-order valence-electron chi connectivity index (χ2n) is 8.47. The molecular formula is C21H29ClN4O2. The first-order valence-electron chi connectivity index (χ1n) is 9.75. The number of nitrogens with zero attached hydrogens (tertiary/aromatic N) is 2. The molecule has 1 fully saturated rings. The minimum absolute atomic E-state index is 0.0798. The van der Waals surface area contributed by atoms with Crippen molar-refractivity contribution in [1.29, 1.82) is 0 Å². The number of likely N-dealkylation sites (tertiary alicyclic amines) is 1. The van der Waals surface area contributed by atoms with Crippen LogP contribution in [-0.2, 0) is 0 Å². The number of hydrogen-bond acceptors (Lipinski definition) is 5. The fraction of sp³-hybridized carbons (Fsp3) is 0.524. The molecule has 1 aromatic carbocycles. The molecule has 0 atom stereocenters. The molecule has 6 nitrogen and oxygen atoms in total.